The highest BCUT2D eigenvalue weighted by atomic mass is 16.5. The van der Waals surface area contributed by atoms with Crippen molar-refractivity contribution < 1.29 is 9.53 Å². The molecule has 0 bridgehead atoms. The van der Waals surface area contributed by atoms with Gasteiger partial charge in [-0.2, -0.15) is 10.2 Å². The first-order chi connectivity index (χ1) is 10.6. The molecule has 116 valence electrons. The largest absolute Gasteiger partial charge is 0.492 e. The zero-order chi connectivity index (χ0) is 15.9. The quantitative estimate of drug-likeness (QED) is 0.851. The summed E-state index contributed by atoms with van der Waals surface area (Å²) in [5.41, 5.74) is 8.03. The van der Waals surface area contributed by atoms with E-state index in [1.807, 2.05) is 13.8 Å². The second kappa shape index (κ2) is 7.51. The summed E-state index contributed by atoms with van der Waals surface area (Å²) in [4.78, 5) is 12.4. The minimum absolute atomic E-state index is 0.189. The lowest BCUT2D eigenvalue weighted by molar-refractivity contribution is 0.102. The van der Waals surface area contributed by atoms with Crippen LogP contribution >= 0.6 is 0 Å². The smallest absolute Gasteiger partial charge is 0.257 e. The molecule has 0 aliphatic heterocycles. The van der Waals surface area contributed by atoms with Gasteiger partial charge in [-0.15, -0.1) is 0 Å². The molecule has 0 saturated heterocycles. The molecule has 1 aromatic heterocycles. The van der Waals surface area contributed by atoms with Crippen molar-refractivity contribution in [3.05, 3.63) is 47.3 Å². The Balaban J connectivity index is 2.10. The maximum atomic E-state index is 12.4. The molecule has 0 saturated carbocycles. The van der Waals surface area contributed by atoms with Crippen LogP contribution in [-0.4, -0.2) is 29.3 Å². The fourth-order valence-electron chi connectivity index (χ4n) is 1.98. The first-order valence-electron chi connectivity index (χ1n) is 7.21. The van der Waals surface area contributed by atoms with E-state index in [-0.39, 0.29) is 5.91 Å². The number of nitrogens with zero attached hydrogens (tertiary/aromatic N) is 2. The number of anilines is 1. The number of nitrogens with one attached hydrogen (secondary N) is 1. The zero-order valence-corrected chi connectivity index (χ0v) is 12.8. The SMILES string of the molecule is CCc1nnc(C)cc1C(=O)Nc1ccc(OCCN)cc1. The molecule has 3 N–H and O–H groups in total. The molecule has 0 aliphatic rings. The summed E-state index contributed by atoms with van der Waals surface area (Å²) in [6.45, 7) is 4.69. The summed E-state index contributed by atoms with van der Waals surface area (Å²) >= 11 is 0. The third kappa shape index (κ3) is 4.02. The summed E-state index contributed by atoms with van der Waals surface area (Å²) in [6, 6.07) is 8.91. The van der Waals surface area contributed by atoms with Crippen LogP contribution in [-0.2, 0) is 6.42 Å². The molecule has 0 fully saturated rings. The third-order valence-corrected chi connectivity index (χ3v) is 3.07. The Hall–Kier alpha value is -2.47. The van der Waals surface area contributed by atoms with Gasteiger partial charge in [-0.05, 0) is 43.7 Å². The number of aryl methyl sites for hydroxylation is 2. The van der Waals surface area contributed by atoms with Gasteiger partial charge in [0.15, 0.2) is 0 Å². The van der Waals surface area contributed by atoms with Gasteiger partial charge in [0.2, 0.25) is 0 Å². The number of hydrogen-bond acceptors (Lipinski definition) is 5. The maximum absolute atomic E-state index is 12.4. The number of benzene rings is 1. The van der Waals surface area contributed by atoms with Crippen LogP contribution < -0.4 is 15.8 Å². The van der Waals surface area contributed by atoms with Crippen molar-refractivity contribution in [1.82, 2.24) is 10.2 Å². The second-order valence-corrected chi connectivity index (χ2v) is 4.82. The second-order valence-electron chi connectivity index (χ2n) is 4.82. The van der Waals surface area contributed by atoms with Crippen molar-refractivity contribution in [3.8, 4) is 5.75 Å². The number of amides is 1. The number of hydrogen-bond donors (Lipinski definition) is 2. The molecule has 0 unspecified atom stereocenters. The first kappa shape index (κ1) is 15.9. The molecule has 0 radical (unpaired) electrons. The number of ether oxygens (including phenoxy) is 1. The number of carbonyl (C=O) groups is 1. The number of carbonyl (C=O) groups excluding carboxylic acids is 1. The fourth-order valence-corrected chi connectivity index (χ4v) is 1.98. The average molecular weight is 300 g/mol. The molecule has 0 spiro atoms. The molecule has 2 aromatic rings. The van der Waals surface area contributed by atoms with Gasteiger partial charge in [0.1, 0.15) is 12.4 Å². The molecule has 1 aromatic carbocycles. The Labute approximate surface area is 129 Å². The minimum atomic E-state index is -0.189. The summed E-state index contributed by atoms with van der Waals surface area (Å²) in [5.74, 6) is 0.532. The zero-order valence-electron chi connectivity index (χ0n) is 12.8. The molecule has 0 atom stereocenters. The van der Waals surface area contributed by atoms with Crippen molar-refractivity contribution in [2.45, 2.75) is 20.3 Å². The molecule has 1 amide bonds. The molecular formula is C16H20N4O2. The van der Waals surface area contributed by atoms with Gasteiger partial charge < -0.3 is 15.8 Å². The molecule has 6 heteroatoms. The molecule has 6 nitrogen and oxygen atoms in total. The van der Waals surface area contributed by atoms with Crippen LogP contribution in [0.1, 0.15) is 28.7 Å². The van der Waals surface area contributed by atoms with Crippen molar-refractivity contribution in [1.29, 1.82) is 0 Å². The highest BCUT2D eigenvalue weighted by molar-refractivity contribution is 6.05. The number of rotatable bonds is 6. The molecule has 22 heavy (non-hydrogen) atoms. The van der Waals surface area contributed by atoms with Crippen molar-refractivity contribution in [2.24, 2.45) is 5.73 Å². The average Bonchev–Trinajstić information content (AvgIpc) is 2.54. The first-order valence-corrected chi connectivity index (χ1v) is 7.21. The minimum Gasteiger partial charge on any atom is -0.492 e. The predicted molar refractivity (Wildman–Crippen MR) is 85.1 cm³/mol. The predicted octanol–water partition coefficient (Wildman–Crippen LogP) is 1.94. The van der Waals surface area contributed by atoms with E-state index in [0.717, 1.165) is 5.75 Å². The van der Waals surface area contributed by atoms with Crippen LogP contribution in [0, 0.1) is 6.92 Å². The van der Waals surface area contributed by atoms with Crippen LogP contribution in [0.5, 0.6) is 5.75 Å². The van der Waals surface area contributed by atoms with E-state index in [1.54, 1.807) is 30.3 Å². The van der Waals surface area contributed by atoms with Crippen LogP contribution in [0.2, 0.25) is 0 Å². The standard InChI is InChI=1S/C16H20N4O2/c1-3-15-14(10-11(2)19-20-15)16(21)18-12-4-6-13(7-5-12)22-9-8-17/h4-7,10H,3,8-9,17H2,1-2H3,(H,18,21). The third-order valence-electron chi connectivity index (χ3n) is 3.07. The van der Waals surface area contributed by atoms with Gasteiger partial charge in [0.25, 0.3) is 5.91 Å². The molecule has 1 heterocycles. The Morgan fingerprint density at radius 1 is 1.27 bits per heavy atom. The van der Waals surface area contributed by atoms with Crippen LogP contribution in [0.3, 0.4) is 0 Å². The highest BCUT2D eigenvalue weighted by Crippen LogP contribution is 2.17. The lowest BCUT2D eigenvalue weighted by Gasteiger charge is -2.09. The number of nitrogens with two attached hydrogens (primary N) is 1. The normalized spacial score (nSPS) is 10.3. The van der Waals surface area contributed by atoms with Crippen molar-refractivity contribution in [2.75, 3.05) is 18.5 Å². The monoisotopic (exact) mass is 300 g/mol. The lowest BCUT2D eigenvalue weighted by atomic mass is 10.1. The van der Waals surface area contributed by atoms with Crippen molar-refractivity contribution in [3.63, 3.8) is 0 Å². The van der Waals surface area contributed by atoms with Crippen molar-refractivity contribution >= 4 is 11.6 Å². The Kier molecular flexibility index (Phi) is 5.43. The van der Waals surface area contributed by atoms with Gasteiger partial charge in [-0.1, -0.05) is 6.92 Å². The van der Waals surface area contributed by atoms with Gasteiger partial charge >= 0.3 is 0 Å². The summed E-state index contributed by atoms with van der Waals surface area (Å²) in [6.07, 6.45) is 0.655. The lowest BCUT2D eigenvalue weighted by Crippen LogP contribution is -2.16. The van der Waals surface area contributed by atoms with E-state index in [2.05, 4.69) is 15.5 Å². The van der Waals surface area contributed by atoms with E-state index in [0.29, 0.717) is 42.2 Å². The van der Waals surface area contributed by atoms with E-state index in [9.17, 15) is 4.79 Å². The van der Waals surface area contributed by atoms with E-state index in [1.165, 1.54) is 0 Å². The van der Waals surface area contributed by atoms with E-state index in [4.69, 9.17) is 10.5 Å². The van der Waals surface area contributed by atoms with Gasteiger partial charge in [0, 0.05) is 12.2 Å². The molecule has 0 aliphatic carbocycles. The fraction of sp³-hybridized carbons (Fsp3) is 0.312. The van der Waals surface area contributed by atoms with Gasteiger partial charge in [-0.25, -0.2) is 0 Å². The Morgan fingerprint density at radius 2 is 2.00 bits per heavy atom. The van der Waals surface area contributed by atoms with Gasteiger partial charge in [0.05, 0.1) is 17.0 Å². The Morgan fingerprint density at radius 3 is 2.64 bits per heavy atom. The summed E-state index contributed by atoms with van der Waals surface area (Å²) in [5, 5.41) is 10.9. The van der Waals surface area contributed by atoms with E-state index < -0.39 is 0 Å². The number of aromatic nitrogens is 2. The van der Waals surface area contributed by atoms with Crippen LogP contribution in [0.4, 0.5) is 5.69 Å². The van der Waals surface area contributed by atoms with Gasteiger partial charge in [-0.3, -0.25) is 4.79 Å². The van der Waals surface area contributed by atoms with E-state index >= 15 is 0 Å². The summed E-state index contributed by atoms with van der Waals surface area (Å²) < 4.78 is 5.40. The van der Waals surface area contributed by atoms with Crippen LogP contribution in [0.15, 0.2) is 30.3 Å². The topological polar surface area (TPSA) is 90.1 Å². The molecular weight excluding hydrogens is 280 g/mol. The highest BCUT2D eigenvalue weighted by Gasteiger charge is 2.13. The Bertz CT molecular complexity index is 641. The maximum Gasteiger partial charge on any atom is 0.257 e. The summed E-state index contributed by atoms with van der Waals surface area (Å²) in [7, 11) is 0. The van der Waals surface area contributed by atoms with Crippen LogP contribution in [0.25, 0.3) is 0 Å². The molecule has 2 rings (SSSR count).